The molecule has 3 rings (SSSR count). The number of methoxy groups -OCH3 is 2. The molecule has 5 heteroatoms. The molecule has 0 amide bonds. The summed E-state index contributed by atoms with van der Waals surface area (Å²) in [5, 5.41) is 0. The average Bonchev–Trinajstić information content (AvgIpc) is 2.78. The molecule has 148 valence electrons. The number of carbonyl (C=O) groups excluding carboxylic acids is 2. The van der Waals surface area contributed by atoms with Crippen molar-refractivity contribution in [2.75, 3.05) is 14.2 Å². The number of hydrogen-bond donors (Lipinski definition) is 0. The van der Waals surface area contributed by atoms with Gasteiger partial charge in [-0.05, 0) is 29.3 Å². The summed E-state index contributed by atoms with van der Waals surface area (Å²) in [6.45, 7) is 0. The molecule has 29 heavy (non-hydrogen) atoms. The summed E-state index contributed by atoms with van der Waals surface area (Å²) in [5.41, 5.74) is 2.38. The third-order valence-corrected chi connectivity index (χ3v) is 4.58. The second kappa shape index (κ2) is 9.55. The quantitative estimate of drug-likeness (QED) is 0.435. The molecular weight excluding hydrogens is 368 g/mol. The summed E-state index contributed by atoms with van der Waals surface area (Å²) in [6.07, 6.45) is 0.163. The first-order valence-electron chi connectivity index (χ1n) is 9.19. The highest BCUT2D eigenvalue weighted by Gasteiger charge is 2.21. The Kier molecular flexibility index (Phi) is 6.63. The van der Waals surface area contributed by atoms with Crippen molar-refractivity contribution in [2.24, 2.45) is 0 Å². The fraction of sp³-hybridized carbons (Fsp3) is 0.167. The third-order valence-electron chi connectivity index (χ3n) is 4.58. The van der Waals surface area contributed by atoms with Crippen LogP contribution in [0.3, 0.4) is 0 Å². The van der Waals surface area contributed by atoms with E-state index in [4.69, 9.17) is 14.2 Å². The predicted molar refractivity (Wildman–Crippen MR) is 109 cm³/mol. The van der Waals surface area contributed by atoms with Gasteiger partial charge in [-0.2, -0.15) is 0 Å². The van der Waals surface area contributed by atoms with Crippen molar-refractivity contribution in [2.45, 2.75) is 12.3 Å². The summed E-state index contributed by atoms with van der Waals surface area (Å²) in [5.74, 6) is -0.478. The molecule has 0 N–H and O–H groups in total. The molecular formula is C24H22O5. The van der Waals surface area contributed by atoms with Gasteiger partial charge in [-0.15, -0.1) is 0 Å². The van der Waals surface area contributed by atoms with Crippen LogP contribution in [0, 0.1) is 0 Å². The van der Waals surface area contributed by atoms with Crippen LogP contribution >= 0.6 is 0 Å². The zero-order chi connectivity index (χ0) is 20.6. The molecule has 0 bridgehead atoms. The maximum Gasteiger partial charge on any atom is 0.337 e. The van der Waals surface area contributed by atoms with E-state index < -0.39 is 11.9 Å². The fourth-order valence-corrected chi connectivity index (χ4v) is 3.13. The summed E-state index contributed by atoms with van der Waals surface area (Å²) in [7, 11) is 2.75. The topological polar surface area (TPSA) is 61.8 Å². The molecule has 0 fully saturated rings. The standard InChI is InChI=1S/C24H22O5/c1-27-22-15-19(24(26)28-2)13-14-21(22)29-23(25)16-20(17-9-5-3-6-10-17)18-11-7-4-8-12-18/h3-15,20H,16H2,1-2H3. The van der Waals surface area contributed by atoms with Crippen molar-refractivity contribution >= 4 is 11.9 Å². The number of hydrogen-bond acceptors (Lipinski definition) is 5. The molecule has 5 nitrogen and oxygen atoms in total. The molecule has 0 aliphatic carbocycles. The van der Waals surface area contributed by atoms with Gasteiger partial charge in [-0.25, -0.2) is 4.79 Å². The van der Waals surface area contributed by atoms with Crippen LogP contribution in [-0.2, 0) is 9.53 Å². The lowest BCUT2D eigenvalue weighted by Gasteiger charge is -2.18. The van der Waals surface area contributed by atoms with Crippen molar-refractivity contribution in [3.8, 4) is 11.5 Å². The normalized spacial score (nSPS) is 10.4. The van der Waals surface area contributed by atoms with E-state index in [9.17, 15) is 9.59 Å². The second-order valence-electron chi connectivity index (χ2n) is 6.41. The number of esters is 2. The van der Waals surface area contributed by atoms with Crippen molar-refractivity contribution in [1.82, 2.24) is 0 Å². The summed E-state index contributed by atoms with van der Waals surface area (Å²) in [4.78, 5) is 24.4. The zero-order valence-corrected chi connectivity index (χ0v) is 16.3. The molecule has 0 saturated heterocycles. The van der Waals surface area contributed by atoms with Gasteiger partial charge in [0, 0.05) is 5.92 Å². The van der Waals surface area contributed by atoms with Crippen LogP contribution in [0.2, 0.25) is 0 Å². The monoisotopic (exact) mass is 390 g/mol. The summed E-state index contributed by atoms with van der Waals surface area (Å²) < 4.78 is 15.5. The van der Waals surface area contributed by atoms with Crippen LogP contribution in [0.5, 0.6) is 11.5 Å². The minimum Gasteiger partial charge on any atom is -0.493 e. The highest BCUT2D eigenvalue weighted by molar-refractivity contribution is 5.90. The van der Waals surface area contributed by atoms with Crippen molar-refractivity contribution in [3.05, 3.63) is 95.6 Å². The van der Waals surface area contributed by atoms with Gasteiger partial charge in [-0.3, -0.25) is 4.79 Å². The van der Waals surface area contributed by atoms with Crippen molar-refractivity contribution in [3.63, 3.8) is 0 Å². The fourth-order valence-electron chi connectivity index (χ4n) is 3.13. The Morgan fingerprint density at radius 1 is 0.793 bits per heavy atom. The lowest BCUT2D eigenvalue weighted by atomic mass is 9.88. The van der Waals surface area contributed by atoms with E-state index >= 15 is 0 Å². The van der Waals surface area contributed by atoms with Crippen LogP contribution in [0.1, 0.15) is 33.8 Å². The van der Waals surface area contributed by atoms with E-state index in [0.29, 0.717) is 5.56 Å². The molecule has 0 aliphatic heterocycles. The minimum atomic E-state index is -0.491. The molecule has 3 aromatic carbocycles. The van der Waals surface area contributed by atoms with Gasteiger partial charge in [-0.1, -0.05) is 60.7 Å². The van der Waals surface area contributed by atoms with E-state index in [-0.39, 0.29) is 23.8 Å². The van der Waals surface area contributed by atoms with Crippen LogP contribution < -0.4 is 9.47 Å². The van der Waals surface area contributed by atoms with E-state index in [0.717, 1.165) is 11.1 Å². The van der Waals surface area contributed by atoms with Crippen LogP contribution in [0.25, 0.3) is 0 Å². The molecule has 0 heterocycles. The molecule has 0 unspecified atom stereocenters. The predicted octanol–water partition coefficient (Wildman–Crippen LogP) is 4.61. The van der Waals surface area contributed by atoms with Gasteiger partial charge in [0.25, 0.3) is 0 Å². The first kappa shape index (κ1) is 20.1. The first-order chi connectivity index (χ1) is 14.1. The molecule has 0 atom stereocenters. The maximum atomic E-state index is 12.7. The van der Waals surface area contributed by atoms with Gasteiger partial charge in [0.2, 0.25) is 0 Å². The second-order valence-corrected chi connectivity index (χ2v) is 6.41. The first-order valence-corrected chi connectivity index (χ1v) is 9.19. The Hall–Kier alpha value is -3.60. The number of benzene rings is 3. The largest absolute Gasteiger partial charge is 0.493 e. The van der Waals surface area contributed by atoms with E-state index in [1.54, 1.807) is 0 Å². The SMILES string of the molecule is COC(=O)c1ccc(OC(=O)CC(c2ccccc2)c2ccccc2)c(OC)c1. The lowest BCUT2D eigenvalue weighted by Crippen LogP contribution is -2.15. The minimum absolute atomic E-state index is 0.134. The van der Waals surface area contributed by atoms with Gasteiger partial charge in [0.1, 0.15) is 0 Å². The summed E-state index contributed by atoms with van der Waals surface area (Å²) in [6, 6.07) is 24.2. The lowest BCUT2D eigenvalue weighted by molar-refractivity contribution is -0.134. The van der Waals surface area contributed by atoms with Crippen LogP contribution in [0.15, 0.2) is 78.9 Å². The van der Waals surface area contributed by atoms with E-state index in [1.165, 1.54) is 32.4 Å². The van der Waals surface area contributed by atoms with Gasteiger partial charge in [0.15, 0.2) is 11.5 Å². The molecule has 0 spiro atoms. The number of ether oxygens (including phenoxy) is 3. The highest BCUT2D eigenvalue weighted by atomic mass is 16.6. The van der Waals surface area contributed by atoms with Crippen LogP contribution in [-0.4, -0.2) is 26.2 Å². The Bertz CT molecular complexity index is 928. The Balaban J connectivity index is 1.81. The van der Waals surface area contributed by atoms with Crippen molar-refractivity contribution in [1.29, 1.82) is 0 Å². The van der Waals surface area contributed by atoms with E-state index in [1.807, 2.05) is 60.7 Å². The Labute approximate surface area is 169 Å². The average molecular weight is 390 g/mol. The summed E-state index contributed by atoms with van der Waals surface area (Å²) >= 11 is 0. The van der Waals surface area contributed by atoms with Gasteiger partial charge in [0.05, 0.1) is 26.2 Å². The molecule has 0 aromatic heterocycles. The zero-order valence-electron chi connectivity index (χ0n) is 16.3. The van der Waals surface area contributed by atoms with Crippen molar-refractivity contribution < 1.29 is 23.8 Å². The molecule has 3 aromatic rings. The van der Waals surface area contributed by atoms with Gasteiger partial charge >= 0.3 is 11.9 Å². The van der Waals surface area contributed by atoms with Gasteiger partial charge < -0.3 is 14.2 Å². The van der Waals surface area contributed by atoms with E-state index in [2.05, 4.69) is 0 Å². The molecule has 0 radical (unpaired) electrons. The molecule has 0 aliphatic rings. The van der Waals surface area contributed by atoms with Crippen LogP contribution in [0.4, 0.5) is 0 Å². The number of carbonyl (C=O) groups is 2. The smallest absolute Gasteiger partial charge is 0.337 e. The highest BCUT2D eigenvalue weighted by Crippen LogP contribution is 2.32. The maximum absolute atomic E-state index is 12.7. The Morgan fingerprint density at radius 3 is 1.90 bits per heavy atom. The molecule has 0 saturated carbocycles. The third kappa shape index (κ3) is 5.02. The Morgan fingerprint density at radius 2 is 1.38 bits per heavy atom. The number of rotatable bonds is 7.